The van der Waals surface area contributed by atoms with E-state index in [2.05, 4.69) is 16.8 Å². The lowest BCUT2D eigenvalue weighted by Crippen LogP contribution is -2.54. The van der Waals surface area contributed by atoms with E-state index in [1.807, 2.05) is 13.0 Å². The normalized spacial score (nSPS) is 19.5. The summed E-state index contributed by atoms with van der Waals surface area (Å²) in [5, 5.41) is 2.76. The Bertz CT molecular complexity index is 1050. The van der Waals surface area contributed by atoms with Gasteiger partial charge in [-0.25, -0.2) is 9.69 Å². The predicted molar refractivity (Wildman–Crippen MR) is 116 cm³/mol. The van der Waals surface area contributed by atoms with E-state index in [0.717, 1.165) is 34.7 Å². The van der Waals surface area contributed by atoms with Gasteiger partial charge in [-0.05, 0) is 68.7 Å². The molecule has 30 heavy (non-hydrogen) atoms. The Morgan fingerprint density at radius 1 is 1.03 bits per heavy atom. The molecule has 2 fully saturated rings. The highest BCUT2D eigenvalue weighted by atomic mass is 35.5. The molecule has 2 heterocycles. The third kappa shape index (κ3) is 3.67. The van der Waals surface area contributed by atoms with Crippen LogP contribution in [0.15, 0.2) is 35.9 Å². The second kappa shape index (κ2) is 8.11. The summed E-state index contributed by atoms with van der Waals surface area (Å²) in [6.07, 6.45) is 7.59. The van der Waals surface area contributed by atoms with Crippen LogP contribution in [0.2, 0.25) is 5.02 Å². The van der Waals surface area contributed by atoms with Crippen LogP contribution in [0.3, 0.4) is 0 Å². The number of benzene rings is 1. The fourth-order valence-electron chi connectivity index (χ4n) is 4.49. The Morgan fingerprint density at radius 2 is 1.70 bits per heavy atom. The molecule has 1 saturated heterocycles. The van der Waals surface area contributed by atoms with Crippen LogP contribution in [0.5, 0.6) is 0 Å². The van der Waals surface area contributed by atoms with Crippen molar-refractivity contribution in [3.8, 4) is 0 Å². The second-order valence-corrected chi connectivity index (χ2v) is 8.36. The number of nitrogens with one attached hydrogen (secondary N) is 1. The van der Waals surface area contributed by atoms with E-state index in [1.54, 1.807) is 30.3 Å². The number of imide groups is 2. The molecule has 2 aromatic rings. The van der Waals surface area contributed by atoms with Crippen LogP contribution >= 0.6 is 11.6 Å². The van der Waals surface area contributed by atoms with Crippen molar-refractivity contribution in [1.82, 2.24) is 9.88 Å². The number of rotatable bonds is 3. The topological polar surface area (TPSA) is 71.4 Å². The van der Waals surface area contributed by atoms with E-state index in [0.29, 0.717) is 16.8 Å². The number of hydrogen-bond donors (Lipinski definition) is 1. The van der Waals surface area contributed by atoms with Crippen LogP contribution < -0.4 is 10.2 Å². The molecule has 1 saturated carbocycles. The molecule has 6 nitrogen and oxygen atoms in total. The van der Waals surface area contributed by atoms with Gasteiger partial charge < -0.3 is 4.57 Å². The molecule has 1 N–H and O–H groups in total. The maximum atomic E-state index is 13.1. The Balaban J connectivity index is 1.70. The lowest BCUT2D eigenvalue weighted by atomic mass is 9.95. The van der Waals surface area contributed by atoms with Crippen LogP contribution in [-0.2, 0) is 9.59 Å². The minimum atomic E-state index is -0.767. The number of urea groups is 1. The molecule has 2 aliphatic rings. The van der Waals surface area contributed by atoms with Crippen molar-refractivity contribution in [2.24, 2.45) is 0 Å². The molecule has 156 valence electrons. The largest absolute Gasteiger partial charge is 0.346 e. The molecule has 0 atom stereocenters. The summed E-state index contributed by atoms with van der Waals surface area (Å²) in [4.78, 5) is 38.9. The summed E-state index contributed by atoms with van der Waals surface area (Å²) in [6.45, 7) is 4.07. The van der Waals surface area contributed by atoms with Crippen LogP contribution in [0.25, 0.3) is 6.08 Å². The maximum absolute atomic E-state index is 13.1. The van der Waals surface area contributed by atoms with Crippen LogP contribution in [0.1, 0.15) is 55.1 Å². The number of carbonyl (C=O) groups excluding carboxylic acids is 3. The van der Waals surface area contributed by atoms with E-state index >= 15 is 0 Å². The van der Waals surface area contributed by atoms with Gasteiger partial charge in [0.1, 0.15) is 5.57 Å². The Morgan fingerprint density at radius 3 is 2.37 bits per heavy atom. The number of hydrogen-bond acceptors (Lipinski definition) is 3. The predicted octanol–water partition coefficient (Wildman–Crippen LogP) is 4.93. The van der Waals surface area contributed by atoms with Crippen molar-refractivity contribution in [3.63, 3.8) is 0 Å². The van der Waals surface area contributed by atoms with E-state index in [1.165, 1.54) is 19.3 Å². The number of carbonyl (C=O) groups is 3. The van der Waals surface area contributed by atoms with Gasteiger partial charge in [-0.2, -0.15) is 0 Å². The first-order valence-corrected chi connectivity index (χ1v) is 10.6. The molecule has 0 bridgehead atoms. The van der Waals surface area contributed by atoms with Crippen molar-refractivity contribution in [2.75, 3.05) is 4.90 Å². The highest BCUT2D eigenvalue weighted by Gasteiger charge is 2.37. The number of halogens is 1. The number of barbiturate groups is 1. The fraction of sp³-hybridized carbons (Fsp3) is 0.348. The van der Waals surface area contributed by atoms with Crippen LogP contribution in [-0.4, -0.2) is 22.4 Å². The lowest BCUT2D eigenvalue weighted by Gasteiger charge is -2.27. The van der Waals surface area contributed by atoms with Crippen LogP contribution in [0, 0.1) is 13.8 Å². The number of anilines is 1. The van der Waals surface area contributed by atoms with Crippen molar-refractivity contribution in [2.45, 2.75) is 52.0 Å². The minimum absolute atomic E-state index is 0.0616. The summed E-state index contributed by atoms with van der Waals surface area (Å²) < 4.78 is 2.32. The fourth-order valence-corrected chi connectivity index (χ4v) is 4.61. The van der Waals surface area contributed by atoms with E-state index in [-0.39, 0.29) is 5.57 Å². The third-order valence-electron chi connectivity index (χ3n) is 5.95. The van der Waals surface area contributed by atoms with Crippen molar-refractivity contribution in [1.29, 1.82) is 0 Å². The minimum Gasteiger partial charge on any atom is -0.346 e. The lowest BCUT2D eigenvalue weighted by molar-refractivity contribution is -0.122. The highest BCUT2D eigenvalue weighted by molar-refractivity contribution is 6.39. The van der Waals surface area contributed by atoms with Crippen molar-refractivity contribution < 1.29 is 14.4 Å². The molecule has 1 aliphatic heterocycles. The first-order valence-electron chi connectivity index (χ1n) is 10.2. The highest BCUT2D eigenvalue weighted by Crippen LogP contribution is 2.33. The first-order chi connectivity index (χ1) is 14.4. The Labute approximate surface area is 180 Å². The van der Waals surface area contributed by atoms with Crippen LogP contribution in [0.4, 0.5) is 10.5 Å². The van der Waals surface area contributed by atoms with Gasteiger partial charge in [0.25, 0.3) is 11.8 Å². The summed E-state index contributed by atoms with van der Waals surface area (Å²) in [5.41, 5.74) is 3.26. The van der Waals surface area contributed by atoms with Gasteiger partial charge >= 0.3 is 6.03 Å². The van der Waals surface area contributed by atoms with Crippen molar-refractivity contribution >= 4 is 41.2 Å². The quantitative estimate of drug-likeness (QED) is 0.559. The average molecular weight is 426 g/mol. The molecule has 0 radical (unpaired) electrons. The molecule has 4 rings (SSSR count). The zero-order valence-electron chi connectivity index (χ0n) is 17.1. The van der Waals surface area contributed by atoms with Gasteiger partial charge in [-0.15, -0.1) is 0 Å². The molecular formula is C23H24ClN3O3. The summed E-state index contributed by atoms with van der Waals surface area (Å²) in [7, 11) is 0. The molecule has 7 heteroatoms. The SMILES string of the molecule is Cc1cc(/C=C2/C(=O)NC(=O)N(c3ccc(Cl)cc3)C2=O)c(C)n1C1CCCCC1. The Kier molecular flexibility index (Phi) is 5.52. The number of amides is 4. The van der Waals surface area contributed by atoms with E-state index in [4.69, 9.17) is 11.6 Å². The van der Waals surface area contributed by atoms with Crippen molar-refractivity contribution in [3.05, 3.63) is 57.9 Å². The maximum Gasteiger partial charge on any atom is 0.335 e. The average Bonchev–Trinajstić information content (AvgIpc) is 3.00. The van der Waals surface area contributed by atoms with Gasteiger partial charge in [0.05, 0.1) is 5.69 Å². The molecule has 0 spiro atoms. The molecule has 4 amide bonds. The molecule has 1 aromatic carbocycles. The van der Waals surface area contributed by atoms with Gasteiger partial charge in [0, 0.05) is 22.5 Å². The van der Waals surface area contributed by atoms with E-state index < -0.39 is 17.8 Å². The monoisotopic (exact) mass is 425 g/mol. The smallest absolute Gasteiger partial charge is 0.335 e. The summed E-state index contributed by atoms with van der Waals surface area (Å²) >= 11 is 5.91. The number of aromatic nitrogens is 1. The standard InChI is InChI=1S/C23H24ClN3O3/c1-14-12-16(15(2)26(14)18-6-4-3-5-7-18)13-20-21(28)25-23(30)27(22(20)29)19-10-8-17(24)9-11-19/h8-13,18H,3-7H2,1-2H3,(H,25,28,30)/b20-13-. The summed E-state index contributed by atoms with van der Waals surface area (Å²) in [6, 6.07) is 8.01. The van der Waals surface area contributed by atoms with E-state index in [9.17, 15) is 14.4 Å². The van der Waals surface area contributed by atoms with Gasteiger partial charge in [-0.3, -0.25) is 14.9 Å². The molecule has 0 unspecified atom stereocenters. The first kappa shape index (κ1) is 20.4. The zero-order chi connectivity index (χ0) is 21.4. The molecule has 1 aromatic heterocycles. The molecular weight excluding hydrogens is 402 g/mol. The number of aryl methyl sites for hydroxylation is 1. The second-order valence-electron chi connectivity index (χ2n) is 7.92. The summed E-state index contributed by atoms with van der Waals surface area (Å²) in [5.74, 6) is -1.33. The Hall–Kier alpha value is -2.86. The third-order valence-corrected chi connectivity index (χ3v) is 6.20. The van der Waals surface area contributed by atoms with Gasteiger partial charge in [-0.1, -0.05) is 30.9 Å². The number of nitrogens with zero attached hydrogens (tertiary/aromatic N) is 2. The van der Waals surface area contributed by atoms with Gasteiger partial charge in [0.2, 0.25) is 0 Å². The zero-order valence-corrected chi connectivity index (χ0v) is 17.8. The molecule has 1 aliphatic carbocycles. The van der Waals surface area contributed by atoms with Gasteiger partial charge in [0.15, 0.2) is 0 Å².